The van der Waals surface area contributed by atoms with E-state index in [4.69, 9.17) is 10.5 Å². The van der Waals surface area contributed by atoms with Crippen molar-refractivity contribution in [1.82, 2.24) is 4.90 Å². The van der Waals surface area contributed by atoms with Crippen LogP contribution >= 0.6 is 0 Å². The maximum absolute atomic E-state index is 5.69. The third kappa shape index (κ3) is 4.73. The SMILES string of the molecule is CCN(C)CC(N)COC. The van der Waals surface area contributed by atoms with Crippen molar-refractivity contribution in [3.05, 3.63) is 0 Å². The van der Waals surface area contributed by atoms with Gasteiger partial charge in [0.1, 0.15) is 0 Å². The fourth-order valence-corrected chi connectivity index (χ4v) is 0.796. The van der Waals surface area contributed by atoms with Crippen LogP contribution in [0.1, 0.15) is 6.92 Å². The van der Waals surface area contributed by atoms with E-state index in [1.807, 2.05) is 0 Å². The van der Waals surface area contributed by atoms with Gasteiger partial charge in [-0.05, 0) is 13.6 Å². The lowest BCUT2D eigenvalue weighted by Crippen LogP contribution is -2.38. The lowest BCUT2D eigenvalue weighted by molar-refractivity contribution is 0.163. The summed E-state index contributed by atoms with van der Waals surface area (Å²) in [6.07, 6.45) is 0. The Bertz CT molecular complexity index is 78.0. The Labute approximate surface area is 63.1 Å². The number of hydrogen-bond donors (Lipinski definition) is 1. The lowest BCUT2D eigenvalue weighted by Gasteiger charge is -2.18. The minimum absolute atomic E-state index is 0.148. The van der Waals surface area contributed by atoms with Crippen LogP contribution in [0.5, 0.6) is 0 Å². The van der Waals surface area contributed by atoms with Crippen LogP contribution in [-0.4, -0.2) is 44.8 Å². The summed E-state index contributed by atoms with van der Waals surface area (Å²) >= 11 is 0. The highest BCUT2D eigenvalue weighted by molar-refractivity contribution is 4.63. The van der Waals surface area contributed by atoms with Crippen molar-refractivity contribution in [1.29, 1.82) is 0 Å². The first-order valence-electron chi connectivity index (χ1n) is 3.63. The Morgan fingerprint density at radius 3 is 2.60 bits per heavy atom. The maximum atomic E-state index is 5.69. The van der Waals surface area contributed by atoms with Gasteiger partial charge in [0.05, 0.1) is 6.61 Å². The average molecular weight is 146 g/mol. The molecule has 3 nitrogen and oxygen atoms in total. The van der Waals surface area contributed by atoms with E-state index in [9.17, 15) is 0 Å². The summed E-state index contributed by atoms with van der Waals surface area (Å²) < 4.78 is 4.90. The summed E-state index contributed by atoms with van der Waals surface area (Å²) in [5, 5.41) is 0. The summed E-state index contributed by atoms with van der Waals surface area (Å²) in [7, 11) is 3.72. The van der Waals surface area contributed by atoms with Crippen molar-refractivity contribution in [2.24, 2.45) is 5.73 Å². The molecule has 0 aromatic rings. The predicted octanol–water partition coefficient (Wildman–Crippen LogP) is -0.0882. The molecule has 0 amide bonds. The molecule has 0 rings (SSSR count). The van der Waals surface area contributed by atoms with Gasteiger partial charge in [-0.2, -0.15) is 0 Å². The quantitative estimate of drug-likeness (QED) is 0.589. The monoisotopic (exact) mass is 146 g/mol. The molecule has 0 bridgehead atoms. The number of hydrogen-bond acceptors (Lipinski definition) is 3. The standard InChI is InChI=1S/C7H18N2O/c1-4-9(2)5-7(8)6-10-3/h7H,4-6,8H2,1-3H3. The fourth-order valence-electron chi connectivity index (χ4n) is 0.796. The van der Waals surface area contributed by atoms with E-state index in [0.717, 1.165) is 13.1 Å². The first-order valence-corrected chi connectivity index (χ1v) is 3.63. The number of nitrogens with two attached hydrogens (primary N) is 1. The molecule has 3 heteroatoms. The summed E-state index contributed by atoms with van der Waals surface area (Å²) in [5.74, 6) is 0. The molecule has 62 valence electrons. The molecule has 0 aromatic carbocycles. The molecule has 2 N–H and O–H groups in total. The Hall–Kier alpha value is -0.120. The molecule has 0 heterocycles. The van der Waals surface area contributed by atoms with Gasteiger partial charge in [-0.3, -0.25) is 0 Å². The Balaban J connectivity index is 3.27. The average Bonchev–Trinajstić information content (AvgIpc) is 1.88. The highest BCUT2D eigenvalue weighted by Crippen LogP contribution is 1.85. The molecule has 0 aliphatic carbocycles. The van der Waals surface area contributed by atoms with Crippen LogP contribution in [-0.2, 0) is 4.74 Å². The molecule has 1 unspecified atom stereocenters. The Morgan fingerprint density at radius 1 is 1.60 bits per heavy atom. The van der Waals surface area contributed by atoms with Crippen molar-refractivity contribution in [3.8, 4) is 0 Å². The molecule has 0 aliphatic heterocycles. The zero-order valence-corrected chi connectivity index (χ0v) is 7.13. The fraction of sp³-hybridized carbons (Fsp3) is 1.00. The van der Waals surface area contributed by atoms with Gasteiger partial charge in [-0.1, -0.05) is 6.92 Å². The highest BCUT2D eigenvalue weighted by atomic mass is 16.5. The smallest absolute Gasteiger partial charge is 0.0626 e. The number of ether oxygens (including phenoxy) is 1. The molecule has 0 aliphatic rings. The van der Waals surface area contributed by atoms with Crippen LogP contribution < -0.4 is 5.73 Å². The van der Waals surface area contributed by atoms with Crippen LogP contribution in [0.2, 0.25) is 0 Å². The van der Waals surface area contributed by atoms with Gasteiger partial charge >= 0.3 is 0 Å². The third-order valence-electron chi connectivity index (χ3n) is 1.47. The molecule has 0 radical (unpaired) electrons. The number of methoxy groups -OCH3 is 1. The largest absolute Gasteiger partial charge is 0.383 e. The normalized spacial score (nSPS) is 14.1. The Morgan fingerprint density at radius 2 is 2.20 bits per heavy atom. The van der Waals surface area contributed by atoms with Gasteiger partial charge in [0.2, 0.25) is 0 Å². The second-order valence-electron chi connectivity index (χ2n) is 2.57. The van der Waals surface area contributed by atoms with E-state index >= 15 is 0 Å². The van der Waals surface area contributed by atoms with Gasteiger partial charge in [0, 0.05) is 19.7 Å². The van der Waals surface area contributed by atoms with Crippen molar-refractivity contribution in [2.75, 3.05) is 33.9 Å². The van der Waals surface area contributed by atoms with E-state index < -0.39 is 0 Å². The second-order valence-corrected chi connectivity index (χ2v) is 2.57. The zero-order chi connectivity index (χ0) is 7.98. The lowest BCUT2D eigenvalue weighted by atomic mass is 10.3. The van der Waals surface area contributed by atoms with Gasteiger partial charge in [0.15, 0.2) is 0 Å². The summed E-state index contributed by atoms with van der Waals surface area (Å²) in [4.78, 5) is 2.17. The van der Waals surface area contributed by atoms with Gasteiger partial charge < -0.3 is 15.4 Å². The van der Waals surface area contributed by atoms with Crippen molar-refractivity contribution < 1.29 is 4.74 Å². The zero-order valence-electron chi connectivity index (χ0n) is 7.13. The van der Waals surface area contributed by atoms with Crippen LogP contribution in [0, 0.1) is 0 Å². The van der Waals surface area contributed by atoms with Crippen molar-refractivity contribution >= 4 is 0 Å². The van der Waals surface area contributed by atoms with E-state index in [1.54, 1.807) is 7.11 Å². The van der Waals surface area contributed by atoms with E-state index in [1.165, 1.54) is 0 Å². The minimum Gasteiger partial charge on any atom is -0.383 e. The molecular weight excluding hydrogens is 128 g/mol. The summed E-state index contributed by atoms with van der Waals surface area (Å²) in [6.45, 7) is 4.70. The minimum atomic E-state index is 0.148. The number of nitrogens with zero attached hydrogens (tertiary/aromatic N) is 1. The first kappa shape index (κ1) is 9.88. The molecule has 0 saturated carbocycles. The van der Waals surface area contributed by atoms with E-state index in [0.29, 0.717) is 6.61 Å². The molecule has 0 fully saturated rings. The second kappa shape index (κ2) is 5.65. The molecular formula is C7H18N2O. The third-order valence-corrected chi connectivity index (χ3v) is 1.47. The number of rotatable bonds is 5. The van der Waals surface area contributed by atoms with E-state index in [2.05, 4.69) is 18.9 Å². The van der Waals surface area contributed by atoms with Gasteiger partial charge in [0.25, 0.3) is 0 Å². The summed E-state index contributed by atoms with van der Waals surface area (Å²) in [6, 6.07) is 0.148. The number of likely N-dealkylation sites (N-methyl/N-ethyl adjacent to an activating group) is 1. The van der Waals surface area contributed by atoms with E-state index in [-0.39, 0.29) is 6.04 Å². The molecule has 1 atom stereocenters. The van der Waals surface area contributed by atoms with Crippen molar-refractivity contribution in [2.45, 2.75) is 13.0 Å². The summed E-state index contributed by atoms with van der Waals surface area (Å²) in [5.41, 5.74) is 5.69. The molecule has 10 heavy (non-hydrogen) atoms. The van der Waals surface area contributed by atoms with Gasteiger partial charge in [-0.15, -0.1) is 0 Å². The predicted molar refractivity (Wildman–Crippen MR) is 43.0 cm³/mol. The molecule has 0 aromatic heterocycles. The van der Waals surface area contributed by atoms with Crippen LogP contribution in [0.15, 0.2) is 0 Å². The first-order chi connectivity index (χ1) is 4.70. The highest BCUT2D eigenvalue weighted by Gasteiger charge is 2.03. The maximum Gasteiger partial charge on any atom is 0.0626 e. The van der Waals surface area contributed by atoms with Crippen LogP contribution in [0.3, 0.4) is 0 Å². The topological polar surface area (TPSA) is 38.5 Å². The molecule has 0 saturated heterocycles. The van der Waals surface area contributed by atoms with Gasteiger partial charge in [-0.25, -0.2) is 0 Å². The van der Waals surface area contributed by atoms with Crippen LogP contribution in [0.25, 0.3) is 0 Å². The Kier molecular flexibility index (Phi) is 5.58. The molecule has 0 spiro atoms. The van der Waals surface area contributed by atoms with Crippen LogP contribution in [0.4, 0.5) is 0 Å². The van der Waals surface area contributed by atoms with Crippen molar-refractivity contribution in [3.63, 3.8) is 0 Å².